The Labute approximate surface area is 81.3 Å². The van der Waals surface area contributed by atoms with Crippen LogP contribution in [0.4, 0.5) is 0 Å². The summed E-state index contributed by atoms with van der Waals surface area (Å²) >= 11 is 0. The van der Waals surface area contributed by atoms with E-state index in [-0.39, 0.29) is 11.3 Å². The standard InChI is InChI=1S/C11H21NO/c1-9(2)10(13)11(3)5-7-12(4)8-6-11/h9H,5-8H2,1-4H3. The Morgan fingerprint density at radius 2 is 1.77 bits per heavy atom. The predicted octanol–water partition coefficient (Wildman–Crippen LogP) is 1.94. The zero-order chi connectivity index (χ0) is 10.1. The Bertz CT molecular complexity index is 190. The highest BCUT2D eigenvalue weighted by Crippen LogP contribution is 2.33. The number of nitrogens with zero attached hydrogens (tertiary/aromatic N) is 1. The molecular formula is C11H21NO. The van der Waals surface area contributed by atoms with Crippen LogP contribution in [0.15, 0.2) is 0 Å². The zero-order valence-corrected chi connectivity index (χ0v) is 9.26. The van der Waals surface area contributed by atoms with E-state index in [2.05, 4.69) is 18.9 Å². The fraction of sp³-hybridized carbons (Fsp3) is 0.909. The van der Waals surface area contributed by atoms with Crippen LogP contribution in [-0.2, 0) is 4.79 Å². The largest absolute Gasteiger partial charge is 0.306 e. The van der Waals surface area contributed by atoms with Crippen molar-refractivity contribution in [2.24, 2.45) is 11.3 Å². The van der Waals surface area contributed by atoms with Gasteiger partial charge in [-0.15, -0.1) is 0 Å². The third-order valence-corrected chi connectivity index (χ3v) is 3.21. The summed E-state index contributed by atoms with van der Waals surface area (Å²) in [5.74, 6) is 0.633. The average Bonchev–Trinajstić information content (AvgIpc) is 2.09. The van der Waals surface area contributed by atoms with E-state index in [0.29, 0.717) is 5.78 Å². The molecule has 1 heterocycles. The van der Waals surface area contributed by atoms with E-state index < -0.39 is 0 Å². The first-order valence-electron chi connectivity index (χ1n) is 5.18. The van der Waals surface area contributed by atoms with E-state index in [9.17, 15) is 4.79 Å². The Morgan fingerprint density at radius 3 is 2.15 bits per heavy atom. The quantitative estimate of drug-likeness (QED) is 0.652. The molecule has 0 amide bonds. The molecule has 0 bridgehead atoms. The van der Waals surface area contributed by atoms with Crippen molar-refractivity contribution in [1.82, 2.24) is 4.90 Å². The van der Waals surface area contributed by atoms with Crippen molar-refractivity contribution >= 4 is 5.78 Å². The lowest BCUT2D eigenvalue weighted by Crippen LogP contribution is -2.42. The molecule has 1 saturated heterocycles. The summed E-state index contributed by atoms with van der Waals surface area (Å²) < 4.78 is 0. The third-order valence-electron chi connectivity index (χ3n) is 3.21. The first-order chi connectivity index (χ1) is 5.96. The lowest BCUT2D eigenvalue weighted by atomic mass is 9.73. The van der Waals surface area contributed by atoms with Gasteiger partial charge in [0.25, 0.3) is 0 Å². The molecule has 0 aromatic heterocycles. The van der Waals surface area contributed by atoms with Crippen LogP contribution in [0.25, 0.3) is 0 Å². The molecule has 0 aromatic rings. The number of ketones is 1. The molecule has 0 atom stereocenters. The van der Waals surface area contributed by atoms with Gasteiger partial charge < -0.3 is 4.90 Å². The van der Waals surface area contributed by atoms with Crippen molar-refractivity contribution in [2.45, 2.75) is 33.6 Å². The van der Waals surface area contributed by atoms with Crippen molar-refractivity contribution in [3.05, 3.63) is 0 Å². The Morgan fingerprint density at radius 1 is 1.31 bits per heavy atom. The predicted molar refractivity (Wildman–Crippen MR) is 54.7 cm³/mol. The van der Waals surface area contributed by atoms with E-state index in [1.165, 1.54) is 0 Å². The first-order valence-corrected chi connectivity index (χ1v) is 5.18. The number of piperidine rings is 1. The highest BCUT2D eigenvalue weighted by atomic mass is 16.1. The minimum atomic E-state index is -0.0410. The second-order valence-electron chi connectivity index (χ2n) is 4.88. The SMILES string of the molecule is CC(C)C(=O)C1(C)CCN(C)CC1. The molecule has 1 rings (SSSR count). The first kappa shape index (κ1) is 10.7. The fourth-order valence-corrected chi connectivity index (χ4v) is 2.06. The van der Waals surface area contributed by atoms with Crippen LogP contribution in [0.1, 0.15) is 33.6 Å². The number of carbonyl (C=O) groups is 1. The molecule has 0 saturated carbocycles. The van der Waals surface area contributed by atoms with E-state index in [0.717, 1.165) is 25.9 Å². The Hall–Kier alpha value is -0.370. The number of carbonyl (C=O) groups excluding carboxylic acids is 1. The smallest absolute Gasteiger partial charge is 0.141 e. The van der Waals surface area contributed by atoms with Crippen LogP contribution in [0.5, 0.6) is 0 Å². The van der Waals surface area contributed by atoms with Crippen molar-refractivity contribution < 1.29 is 4.79 Å². The summed E-state index contributed by atoms with van der Waals surface area (Å²) in [7, 11) is 2.12. The van der Waals surface area contributed by atoms with Gasteiger partial charge in [0, 0.05) is 11.3 Å². The number of hydrogen-bond acceptors (Lipinski definition) is 2. The van der Waals surface area contributed by atoms with Gasteiger partial charge in [0.1, 0.15) is 5.78 Å². The van der Waals surface area contributed by atoms with Crippen LogP contribution in [0, 0.1) is 11.3 Å². The van der Waals surface area contributed by atoms with Gasteiger partial charge in [0.15, 0.2) is 0 Å². The lowest BCUT2D eigenvalue weighted by Gasteiger charge is -2.37. The topological polar surface area (TPSA) is 20.3 Å². The minimum absolute atomic E-state index is 0.0410. The van der Waals surface area contributed by atoms with Crippen molar-refractivity contribution in [3.8, 4) is 0 Å². The molecule has 76 valence electrons. The summed E-state index contributed by atoms with van der Waals surface area (Å²) in [5.41, 5.74) is -0.0410. The lowest BCUT2D eigenvalue weighted by molar-refractivity contribution is -0.133. The highest BCUT2D eigenvalue weighted by Gasteiger charge is 2.36. The summed E-state index contributed by atoms with van der Waals surface area (Å²) in [6, 6.07) is 0. The minimum Gasteiger partial charge on any atom is -0.306 e. The van der Waals surface area contributed by atoms with Gasteiger partial charge in [-0.1, -0.05) is 20.8 Å². The van der Waals surface area contributed by atoms with Crippen LogP contribution in [0.3, 0.4) is 0 Å². The molecule has 0 unspecified atom stereocenters. The summed E-state index contributed by atoms with van der Waals surface area (Å²) in [5, 5.41) is 0. The van der Waals surface area contributed by atoms with Crippen LogP contribution >= 0.6 is 0 Å². The van der Waals surface area contributed by atoms with E-state index in [1.54, 1.807) is 0 Å². The normalized spacial score (nSPS) is 23.5. The van der Waals surface area contributed by atoms with Crippen LogP contribution in [-0.4, -0.2) is 30.8 Å². The Balaban J connectivity index is 2.61. The summed E-state index contributed by atoms with van der Waals surface area (Å²) in [6.45, 7) is 8.27. The summed E-state index contributed by atoms with van der Waals surface area (Å²) in [4.78, 5) is 14.2. The molecule has 2 nitrogen and oxygen atoms in total. The maximum Gasteiger partial charge on any atom is 0.141 e. The van der Waals surface area contributed by atoms with Gasteiger partial charge >= 0.3 is 0 Å². The molecule has 0 aromatic carbocycles. The molecule has 0 radical (unpaired) electrons. The van der Waals surface area contributed by atoms with Crippen molar-refractivity contribution in [1.29, 1.82) is 0 Å². The molecule has 0 spiro atoms. The molecule has 13 heavy (non-hydrogen) atoms. The number of rotatable bonds is 2. The van der Waals surface area contributed by atoms with Gasteiger partial charge in [-0.05, 0) is 33.0 Å². The van der Waals surface area contributed by atoms with E-state index in [1.807, 2.05) is 13.8 Å². The number of hydrogen-bond donors (Lipinski definition) is 0. The van der Waals surface area contributed by atoms with Gasteiger partial charge in [0.2, 0.25) is 0 Å². The fourth-order valence-electron chi connectivity index (χ4n) is 2.06. The maximum atomic E-state index is 11.9. The van der Waals surface area contributed by atoms with Gasteiger partial charge in [-0.2, -0.15) is 0 Å². The van der Waals surface area contributed by atoms with Crippen LogP contribution in [0.2, 0.25) is 0 Å². The molecule has 0 aliphatic carbocycles. The maximum absolute atomic E-state index is 11.9. The molecule has 0 N–H and O–H groups in total. The van der Waals surface area contributed by atoms with Crippen molar-refractivity contribution in [2.75, 3.05) is 20.1 Å². The molecular weight excluding hydrogens is 162 g/mol. The van der Waals surface area contributed by atoms with Crippen molar-refractivity contribution in [3.63, 3.8) is 0 Å². The number of likely N-dealkylation sites (tertiary alicyclic amines) is 1. The van der Waals surface area contributed by atoms with E-state index >= 15 is 0 Å². The van der Waals surface area contributed by atoms with Gasteiger partial charge in [0.05, 0.1) is 0 Å². The number of Topliss-reactive ketones (excluding diaryl/α,β-unsaturated/α-hetero) is 1. The third kappa shape index (κ3) is 2.31. The Kier molecular flexibility index (Phi) is 3.12. The monoisotopic (exact) mass is 183 g/mol. The van der Waals surface area contributed by atoms with Crippen LogP contribution < -0.4 is 0 Å². The summed E-state index contributed by atoms with van der Waals surface area (Å²) in [6.07, 6.45) is 2.06. The molecule has 1 aliphatic rings. The average molecular weight is 183 g/mol. The molecule has 1 fully saturated rings. The highest BCUT2D eigenvalue weighted by molar-refractivity contribution is 5.86. The van der Waals surface area contributed by atoms with Gasteiger partial charge in [-0.25, -0.2) is 0 Å². The second kappa shape index (κ2) is 3.79. The van der Waals surface area contributed by atoms with Gasteiger partial charge in [-0.3, -0.25) is 4.79 Å². The molecule has 2 heteroatoms. The second-order valence-corrected chi connectivity index (χ2v) is 4.88. The zero-order valence-electron chi connectivity index (χ0n) is 9.26. The molecule has 1 aliphatic heterocycles. The van der Waals surface area contributed by atoms with E-state index in [4.69, 9.17) is 0 Å².